The molecular weight excluding hydrogens is 344 g/mol. The molecule has 0 radical (unpaired) electrons. The largest absolute Gasteiger partial charge is 0.469 e. The first kappa shape index (κ1) is 17.9. The van der Waals surface area contributed by atoms with Crippen LogP contribution in [-0.2, 0) is 25.7 Å². The summed E-state index contributed by atoms with van der Waals surface area (Å²) in [6.45, 7) is 1.51. The first-order chi connectivity index (χ1) is 12.0. The van der Waals surface area contributed by atoms with Crippen LogP contribution in [0.15, 0.2) is 24.3 Å². The van der Waals surface area contributed by atoms with E-state index in [2.05, 4.69) is 0 Å². The number of amides is 2. The van der Waals surface area contributed by atoms with Gasteiger partial charge in [0.25, 0.3) is 0 Å². The van der Waals surface area contributed by atoms with Crippen LogP contribution in [-0.4, -0.2) is 53.8 Å². The SMILES string of the molecule is COC(=O)C1CCN([C@H]2CC(=O)N(Cc3ccc(Cl)cc3)C2=O)CC1. The molecule has 0 saturated carbocycles. The second kappa shape index (κ2) is 7.54. The van der Waals surface area contributed by atoms with Crippen LogP contribution in [0.3, 0.4) is 0 Å². The molecule has 0 aromatic heterocycles. The molecule has 1 aromatic carbocycles. The molecule has 2 aliphatic heterocycles. The van der Waals surface area contributed by atoms with Gasteiger partial charge >= 0.3 is 5.97 Å². The van der Waals surface area contributed by atoms with Gasteiger partial charge in [-0.05, 0) is 43.6 Å². The average molecular weight is 365 g/mol. The maximum atomic E-state index is 12.7. The van der Waals surface area contributed by atoms with Crippen LogP contribution in [0.5, 0.6) is 0 Å². The third-order valence-electron chi connectivity index (χ3n) is 4.98. The summed E-state index contributed by atoms with van der Waals surface area (Å²) in [6.07, 6.45) is 1.51. The number of methoxy groups -OCH3 is 1. The fraction of sp³-hybridized carbons (Fsp3) is 0.500. The fourth-order valence-corrected chi connectivity index (χ4v) is 3.63. The Morgan fingerprint density at radius 3 is 2.44 bits per heavy atom. The van der Waals surface area contributed by atoms with E-state index in [1.165, 1.54) is 12.0 Å². The van der Waals surface area contributed by atoms with Crippen LogP contribution in [0.4, 0.5) is 0 Å². The molecule has 1 atom stereocenters. The zero-order valence-electron chi connectivity index (χ0n) is 14.1. The molecule has 134 valence electrons. The molecule has 7 heteroatoms. The molecular formula is C18H21ClN2O4. The molecule has 2 aliphatic rings. The number of hydrogen-bond donors (Lipinski definition) is 0. The van der Waals surface area contributed by atoms with Crippen molar-refractivity contribution in [3.63, 3.8) is 0 Å². The predicted octanol–water partition coefficient (Wildman–Crippen LogP) is 1.85. The van der Waals surface area contributed by atoms with Gasteiger partial charge in [0.15, 0.2) is 0 Å². The van der Waals surface area contributed by atoms with Gasteiger partial charge in [-0.3, -0.25) is 24.2 Å². The minimum atomic E-state index is -0.418. The molecule has 2 amide bonds. The number of ether oxygens (including phenoxy) is 1. The lowest BCUT2D eigenvalue weighted by Crippen LogP contribution is -2.46. The molecule has 0 spiro atoms. The summed E-state index contributed by atoms with van der Waals surface area (Å²) in [4.78, 5) is 40.0. The molecule has 0 bridgehead atoms. The second-order valence-corrected chi connectivity index (χ2v) is 6.93. The number of likely N-dealkylation sites (tertiary alicyclic amines) is 2. The van der Waals surface area contributed by atoms with Crippen molar-refractivity contribution in [2.24, 2.45) is 5.92 Å². The van der Waals surface area contributed by atoms with Crippen LogP contribution in [0.1, 0.15) is 24.8 Å². The molecule has 25 heavy (non-hydrogen) atoms. The number of benzene rings is 1. The Kier molecular flexibility index (Phi) is 5.39. The Hall–Kier alpha value is -1.92. The van der Waals surface area contributed by atoms with Gasteiger partial charge in [-0.15, -0.1) is 0 Å². The number of rotatable bonds is 4. The summed E-state index contributed by atoms with van der Waals surface area (Å²) >= 11 is 5.87. The minimum absolute atomic E-state index is 0.112. The Morgan fingerprint density at radius 1 is 1.20 bits per heavy atom. The zero-order chi connectivity index (χ0) is 18.0. The lowest BCUT2D eigenvalue weighted by atomic mass is 9.95. The number of piperidine rings is 1. The van der Waals surface area contributed by atoms with Crippen molar-refractivity contribution >= 4 is 29.4 Å². The van der Waals surface area contributed by atoms with E-state index in [1.54, 1.807) is 12.1 Å². The summed E-state index contributed by atoms with van der Waals surface area (Å²) < 4.78 is 4.78. The van der Waals surface area contributed by atoms with Gasteiger partial charge in [-0.25, -0.2) is 0 Å². The van der Waals surface area contributed by atoms with Crippen LogP contribution in [0.25, 0.3) is 0 Å². The van der Waals surface area contributed by atoms with Gasteiger partial charge < -0.3 is 4.74 Å². The first-order valence-corrected chi connectivity index (χ1v) is 8.78. The Morgan fingerprint density at radius 2 is 1.84 bits per heavy atom. The highest BCUT2D eigenvalue weighted by Crippen LogP contribution is 2.26. The monoisotopic (exact) mass is 364 g/mol. The minimum Gasteiger partial charge on any atom is -0.469 e. The fourth-order valence-electron chi connectivity index (χ4n) is 3.50. The smallest absolute Gasteiger partial charge is 0.308 e. The third-order valence-corrected chi connectivity index (χ3v) is 5.23. The summed E-state index contributed by atoms with van der Waals surface area (Å²) in [6, 6.07) is 6.71. The average Bonchev–Trinajstić information content (AvgIpc) is 2.91. The summed E-state index contributed by atoms with van der Waals surface area (Å²) in [5, 5.41) is 0.620. The zero-order valence-corrected chi connectivity index (χ0v) is 14.9. The maximum Gasteiger partial charge on any atom is 0.308 e. The lowest BCUT2D eigenvalue weighted by Gasteiger charge is -2.33. The number of nitrogens with zero attached hydrogens (tertiary/aromatic N) is 2. The number of carbonyl (C=O) groups is 3. The molecule has 1 aromatic rings. The van der Waals surface area contributed by atoms with Crippen molar-refractivity contribution in [3.05, 3.63) is 34.9 Å². The van der Waals surface area contributed by atoms with E-state index < -0.39 is 6.04 Å². The van der Waals surface area contributed by atoms with Gasteiger partial charge in [0, 0.05) is 5.02 Å². The molecule has 2 saturated heterocycles. The normalized spacial score (nSPS) is 22.5. The van der Waals surface area contributed by atoms with Crippen LogP contribution >= 0.6 is 11.6 Å². The quantitative estimate of drug-likeness (QED) is 0.602. The van der Waals surface area contributed by atoms with Crippen LogP contribution in [0, 0.1) is 5.92 Å². The van der Waals surface area contributed by atoms with E-state index in [9.17, 15) is 14.4 Å². The molecule has 3 rings (SSSR count). The number of halogens is 1. The van der Waals surface area contributed by atoms with Gasteiger partial charge in [-0.1, -0.05) is 23.7 Å². The Balaban J connectivity index is 1.61. The van der Waals surface area contributed by atoms with Crippen LogP contribution in [0.2, 0.25) is 5.02 Å². The number of hydrogen-bond acceptors (Lipinski definition) is 5. The summed E-state index contributed by atoms with van der Waals surface area (Å²) in [7, 11) is 1.39. The highest BCUT2D eigenvalue weighted by molar-refractivity contribution is 6.30. The van der Waals surface area contributed by atoms with Crippen molar-refractivity contribution in [1.29, 1.82) is 0 Å². The van der Waals surface area contributed by atoms with Gasteiger partial charge in [-0.2, -0.15) is 0 Å². The van der Waals surface area contributed by atoms with Crippen molar-refractivity contribution < 1.29 is 19.1 Å². The van der Waals surface area contributed by atoms with Gasteiger partial charge in [0.2, 0.25) is 11.8 Å². The van der Waals surface area contributed by atoms with Gasteiger partial charge in [0.05, 0.1) is 32.0 Å². The molecule has 0 aliphatic carbocycles. The molecule has 0 unspecified atom stereocenters. The Labute approximate surface area is 151 Å². The summed E-state index contributed by atoms with van der Waals surface area (Å²) in [5.41, 5.74) is 0.871. The number of imide groups is 1. The van der Waals surface area contributed by atoms with E-state index in [0.29, 0.717) is 31.0 Å². The molecule has 0 N–H and O–H groups in total. The van der Waals surface area contributed by atoms with Crippen molar-refractivity contribution in [1.82, 2.24) is 9.80 Å². The summed E-state index contributed by atoms with van der Waals surface area (Å²) in [5.74, 6) is -0.618. The van der Waals surface area contributed by atoms with E-state index in [4.69, 9.17) is 16.3 Å². The Bertz CT molecular complexity index is 668. The van der Waals surface area contributed by atoms with E-state index in [-0.39, 0.29) is 36.7 Å². The number of esters is 1. The van der Waals surface area contributed by atoms with E-state index in [0.717, 1.165) is 5.56 Å². The topological polar surface area (TPSA) is 66.9 Å². The number of carbonyl (C=O) groups excluding carboxylic acids is 3. The highest BCUT2D eigenvalue weighted by Gasteiger charge is 2.43. The second-order valence-electron chi connectivity index (χ2n) is 6.50. The van der Waals surface area contributed by atoms with Crippen LogP contribution < -0.4 is 0 Å². The third kappa shape index (κ3) is 3.85. The first-order valence-electron chi connectivity index (χ1n) is 8.40. The standard InChI is InChI=1S/C18H21ClN2O4/c1-25-18(24)13-6-8-20(9-7-13)15-10-16(22)21(17(15)23)11-12-2-4-14(19)5-3-12/h2-5,13,15H,6-11H2,1H3/t15-/m0/s1. The van der Waals surface area contributed by atoms with Crippen molar-refractivity contribution in [2.75, 3.05) is 20.2 Å². The molecule has 2 heterocycles. The molecule has 6 nitrogen and oxygen atoms in total. The molecule has 2 fully saturated rings. The highest BCUT2D eigenvalue weighted by atomic mass is 35.5. The van der Waals surface area contributed by atoms with Crippen molar-refractivity contribution in [2.45, 2.75) is 31.8 Å². The van der Waals surface area contributed by atoms with E-state index in [1.807, 2.05) is 17.0 Å². The lowest BCUT2D eigenvalue weighted by molar-refractivity contribution is -0.147. The van der Waals surface area contributed by atoms with E-state index >= 15 is 0 Å². The maximum absolute atomic E-state index is 12.7. The predicted molar refractivity (Wildman–Crippen MR) is 91.7 cm³/mol. The van der Waals surface area contributed by atoms with Gasteiger partial charge in [0.1, 0.15) is 0 Å². The van der Waals surface area contributed by atoms with Crippen molar-refractivity contribution in [3.8, 4) is 0 Å².